The molecule has 4 heteroatoms. The Morgan fingerprint density at radius 1 is 0.840 bits per heavy atom. The van der Waals surface area contributed by atoms with E-state index in [9.17, 15) is 15.0 Å². The number of hydrogen-bond acceptors (Lipinski definition) is 3. The first-order chi connectivity index (χ1) is 11.9. The topological polar surface area (TPSA) is 77.8 Å². The Balaban J connectivity index is 3.87. The van der Waals surface area contributed by atoms with Crippen LogP contribution in [0.3, 0.4) is 0 Å². The fraction of sp³-hybridized carbons (Fsp3) is 0.952. The minimum Gasteiger partial charge on any atom is -0.481 e. The van der Waals surface area contributed by atoms with Crippen LogP contribution in [0.4, 0.5) is 0 Å². The third-order valence-corrected chi connectivity index (χ3v) is 5.30. The van der Waals surface area contributed by atoms with Gasteiger partial charge in [0.05, 0.1) is 12.2 Å². The van der Waals surface area contributed by atoms with E-state index in [1.165, 1.54) is 32.1 Å². The Hall–Kier alpha value is -0.610. The summed E-state index contributed by atoms with van der Waals surface area (Å²) in [4.78, 5) is 10.4. The molecule has 0 aliphatic heterocycles. The molecule has 150 valence electrons. The molecule has 0 aliphatic rings. The summed E-state index contributed by atoms with van der Waals surface area (Å²) in [6.45, 7) is 3.82. The van der Waals surface area contributed by atoms with Gasteiger partial charge in [0.2, 0.25) is 0 Å². The van der Waals surface area contributed by atoms with E-state index in [1.54, 1.807) is 6.92 Å². The number of aliphatic hydroxyl groups is 2. The Bertz CT molecular complexity index is 315. The molecular weight excluding hydrogens is 316 g/mol. The second kappa shape index (κ2) is 15.6. The zero-order valence-corrected chi connectivity index (χ0v) is 16.6. The van der Waals surface area contributed by atoms with E-state index in [4.69, 9.17) is 5.11 Å². The van der Waals surface area contributed by atoms with Crippen molar-refractivity contribution in [2.45, 2.75) is 116 Å². The van der Waals surface area contributed by atoms with Crippen LogP contribution in [-0.4, -0.2) is 33.5 Å². The Morgan fingerprint density at radius 2 is 1.28 bits per heavy atom. The van der Waals surface area contributed by atoms with Gasteiger partial charge < -0.3 is 15.3 Å². The Labute approximate surface area is 155 Å². The second-order valence-corrected chi connectivity index (χ2v) is 7.82. The van der Waals surface area contributed by atoms with E-state index in [2.05, 4.69) is 6.92 Å². The number of aliphatic carboxylic acids is 1. The van der Waals surface area contributed by atoms with Gasteiger partial charge in [-0.15, -0.1) is 0 Å². The summed E-state index contributed by atoms with van der Waals surface area (Å²) in [5.74, 6) is -0.528. The molecule has 25 heavy (non-hydrogen) atoms. The lowest BCUT2D eigenvalue weighted by Crippen LogP contribution is -2.38. The number of hydrogen-bond donors (Lipinski definition) is 3. The van der Waals surface area contributed by atoms with Crippen molar-refractivity contribution in [3.63, 3.8) is 0 Å². The van der Waals surface area contributed by atoms with Crippen LogP contribution in [0.1, 0.15) is 110 Å². The third-order valence-electron chi connectivity index (χ3n) is 5.30. The van der Waals surface area contributed by atoms with E-state index in [1.807, 2.05) is 0 Å². The van der Waals surface area contributed by atoms with Crippen LogP contribution >= 0.6 is 0 Å². The first-order valence-corrected chi connectivity index (χ1v) is 10.5. The number of aliphatic hydroxyl groups excluding tert-OH is 1. The fourth-order valence-corrected chi connectivity index (χ4v) is 3.44. The highest BCUT2D eigenvalue weighted by atomic mass is 16.4. The Kier molecular flexibility index (Phi) is 15.2. The SMILES string of the molecule is CCCCCCCCC(CCCCCCCCC(=O)O)C(C)(O)CO. The number of unbranched alkanes of at least 4 members (excludes halogenated alkanes) is 10. The molecule has 2 atom stereocenters. The number of rotatable bonds is 18. The summed E-state index contributed by atoms with van der Waals surface area (Å²) in [7, 11) is 0. The van der Waals surface area contributed by atoms with E-state index in [-0.39, 0.29) is 18.9 Å². The number of carboxylic acids is 1. The molecule has 0 aromatic rings. The third kappa shape index (κ3) is 14.3. The van der Waals surface area contributed by atoms with Crippen molar-refractivity contribution in [3.8, 4) is 0 Å². The van der Waals surface area contributed by atoms with Crippen LogP contribution < -0.4 is 0 Å². The normalized spacial score (nSPS) is 15.0. The van der Waals surface area contributed by atoms with Gasteiger partial charge in [-0.05, 0) is 32.1 Å². The molecule has 0 aromatic heterocycles. The highest BCUT2D eigenvalue weighted by Gasteiger charge is 2.30. The molecule has 0 amide bonds. The van der Waals surface area contributed by atoms with Gasteiger partial charge in [-0.2, -0.15) is 0 Å². The van der Waals surface area contributed by atoms with Crippen LogP contribution in [0, 0.1) is 5.92 Å². The summed E-state index contributed by atoms with van der Waals surface area (Å²) in [6.07, 6.45) is 15.9. The summed E-state index contributed by atoms with van der Waals surface area (Å²) < 4.78 is 0. The van der Waals surface area contributed by atoms with Gasteiger partial charge in [-0.25, -0.2) is 0 Å². The maximum absolute atomic E-state index is 10.4. The fourth-order valence-electron chi connectivity index (χ4n) is 3.44. The predicted molar refractivity (Wildman–Crippen MR) is 104 cm³/mol. The van der Waals surface area contributed by atoms with Crippen LogP contribution in [0.25, 0.3) is 0 Å². The van der Waals surface area contributed by atoms with Crippen LogP contribution in [0.5, 0.6) is 0 Å². The molecule has 0 bridgehead atoms. The van der Waals surface area contributed by atoms with Gasteiger partial charge in [0, 0.05) is 6.42 Å². The van der Waals surface area contributed by atoms with E-state index in [0.29, 0.717) is 0 Å². The maximum atomic E-state index is 10.4. The van der Waals surface area contributed by atoms with Gasteiger partial charge in [-0.1, -0.05) is 77.6 Å². The highest BCUT2D eigenvalue weighted by Crippen LogP contribution is 2.28. The predicted octanol–water partition coefficient (Wildman–Crippen LogP) is 5.30. The van der Waals surface area contributed by atoms with Crippen molar-refractivity contribution in [3.05, 3.63) is 0 Å². The summed E-state index contributed by atoms with van der Waals surface area (Å²) >= 11 is 0. The van der Waals surface area contributed by atoms with E-state index < -0.39 is 11.6 Å². The van der Waals surface area contributed by atoms with Crippen molar-refractivity contribution in [2.24, 2.45) is 5.92 Å². The quantitative estimate of drug-likeness (QED) is 0.290. The van der Waals surface area contributed by atoms with Gasteiger partial charge in [0.25, 0.3) is 0 Å². The average Bonchev–Trinajstić information content (AvgIpc) is 2.57. The lowest BCUT2D eigenvalue weighted by atomic mass is 9.81. The largest absolute Gasteiger partial charge is 0.481 e. The molecule has 0 heterocycles. The smallest absolute Gasteiger partial charge is 0.303 e. The average molecular weight is 359 g/mol. The molecule has 0 saturated carbocycles. The van der Waals surface area contributed by atoms with Crippen molar-refractivity contribution >= 4 is 5.97 Å². The molecule has 0 rings (SSSR count). The van der Waals surface area contributed by atoms with Crippen molar-refractivity contribution in [1.29, 1.82) is 0 Å². The first-order valence-electron chi connectivity index (χ1n) is 10.5. The summed E-state index contributed by atoms with van der Waals surface area (Å²) in [6, 6.07) is 0. The van der Waals surface area contributed by atoms with Gasteiger partial charge >= 0.3 is 5.97 Å². The zero-order valence-electron chi connectivity index (χ0n) is 16.6. The van der Waals surface area contributed by atoms with Gasteiger partial charge in [0.1, 0.15) is 0 Å². The van der Waals surface area contributed by atoms with Gasteiger partial charge in [-0.3, -0.25) is 4.79 Å². The molecule has 0 aromatic carbocycles. The summed E-state index contributed by atoms with van der Waals surface area (Å²) in [5.41, 5.74) is -0.967. The van der Waals surface area contributed by atoms with E-state index in [0.717, 1.165) is 57.8 Å². The zero-order chi connectivity index (χ0) is 19.0. The maximum Gasteiger partial charge on any atom is 0.303 e. The lowest BCUT2D eigenvalue weighted by Gasteiger charge is -2.31. The Morgan fingerprint density at radius 3 is 1.72 bits per heavy atom. The molecule has 2 unspecified atom stereocenters. The van der Waals surface area contributed by atoms with Crippen LogP contribution in [0.15, 0.2) is 0 Å². The molecule has 0 aliphatic carbocycles. The molecule has 0 fully saturated rings. The first kappa shape index (κ1) is 24.4. The molecule has 3 N–H and O–H groups in total. The number of carbonyl (C=O) groups is 1. The van der Waals surface area contributed by atoms with Crippen molar-refractivity contribution < 1.29 is 20.1 Å². The van der Waals surface area contributed by atoms with Crippen molar-refractivity contribution in [1.82, 2.24) is 0 Å². The van der Waals surface area contributed by atoms with Gasteiger partial charge in [0.15, 0.2) is 0 Å². The van der Waals surface area contributed by atoms with Crippen molar-refractivity contribution in [2.75, 3.05) is 6.61 Å². The minimum atomic E-state index is -0.967. The highest BCUT2D eigenvalue weighted by molar-refractivity contribution is 5.66. The van der Waals surface area contributed by atoms with Crippen LogP contribution in [0.2, 0.25) is 0 Å². The molecule has 4 nitrogen and oxygen atoms in total. The standard InChI is InChI=1S/C21H42O4/c1-3-4-5-6-9-12-15-19(21(2,25)18-22)16-13-10-7-8-11-14-17-20(23)24/h19,22,25H,3-18H2,1-2H3,(H,23,24). The minimum absolute atomic E-state index is 0.164. The number of carboxylic acid groups (broad SMARTS) is 1. The summed E-state index contributed by atoms with van der Waals surface area (Å²) in [5, 5.41) is 28.5. The lowest BCUT2D eigenvalue weighted by molar-refractivity contribution is -0.137. The monoisotopic (exact) mass is 358 g/mol. The molecule has 0 saturated heterocycles. The molecular formula is C21H42O4. The van der Waals surface area contributed by atoms with E-state index >= 15 is 0 Å². The second-order valence-electron chi connectivity index (χ2n) is 7.82. The molecule has 0 radical (unpaired) electrons. The molecule has 0 spiro atoms. The van der Waals surface area contributed by atoms with Crippen LogP contribution in [-0.2, 0) is 4.79 Å².